The van der Waals surface area contributed by atoms with Crippen molar-refractivity contribution >= 4 is 22.8 Å². The van der Waals surface area contributed by atoms with E-state index in [1.807, 2.05) is 12.1 Å². The number of nitrogens with one attached hydrogen (secondary N) is 1. The van der Waals surface area contributed by atoms with Crippen molar-refractivity contribution < 1.29 is 24.1 Å². The number of fused-ring (bicyclic) bond motifs is 1. The molecule has 2 aromatic rings. The van der Waals surface area contributed by atoms with E-state index in [-0.39, 0.29) is 11.4 Å². The van der Waals surface area contributed by atoms with Gasteiger partial charge in [0, 0.05) is 31.3 Å². The topological polar surface area (TPSA) is 142 Å². The molecule has 0 amide bonds. The van der Waals surface area contributed by atoms with Gasteiger partial charge in [-0.25, -0.2) is 0 Å². The number of rotatable bonds is 7. The van der Waals surface area contributed by atoms with Crippen molar-refractivity contribution in [2.24, 2.45) is 5.10 Å². The van der Waals surface area contributed by atoms with Crippen molar-refractivity contribution in [2.45, 2.75) is 0 Å². The van der Waals surface area contributed by atoms with Gasteiger partial charge in [-0.1, -0.05) is 0 Å². The molecule has 32 heavy (non-hydrogen) atoms. The minimum Gasteiger partial charge on any atom is -0.486 e. The maximum Gasteiger partial charge on any atom is 0.301 e. The Morgan fingerprint density at radius 3 is 2.44 bits per heavy atom. The van der Waals surface area contributed by atoms with Crippen molar-refractivity contribution in [2.75, 3.05) is 51.5 Å². The molecule has 1 saturated heterocycles. The van der Waals surface area contributed by atoms with Gasteiger partial charge in [0.2, 0.25) is 0 Å². The van der Waals surface area contributed by atoms with E-state index in [1.165, 1.54) is 12.1 Å². The summed E-state index contributed by atoms with van der Waals surface area (Å²) in [6.07, 6.45) is 0. The van der Waals surface area contributed by atoms with Crippen molar-refractivity contribution in [3.8, 4) is 11.5 Å². The molecule has 168 valence electrons. The summed E-state index contributed by atoms with van der Waals surface area (Å²) in [4.78, 5) is 23.2. The molecule has 2 aliphatic rings. The van der Waals surface area contributed by atoms with E-state index < -0.39 is 15.5 Å². The molecule has 0 bridgehead atoms. The number of non-ortho nitro benzene ring substituents is 1. The summed E-state index contributed by atoms with van der Waals surface area (Å²) in [5, 5.41) is 26.8. The lowest BCUT2D eigenvalue weighted by Gasteiger charge is -2.27. The van der Waals surface area contributed by atoms with Crippen LogP contribution in [-0.2, 0) is 4.74 Å². The van der Waals surface area contributed by atoms with Crippen LogP contribution in [0.1, 0.15) is 5.56 Å². The lowest BCUT2D eigenvalue weighted by molar-refractivity contribution is -0.393. The fraction of sp³-hybridized carbons (Fsp3) is 0.350. The molecule has 2 heterocycles. The second-order valence-electron chi connectivity index (χ2n) is 7.13. The van der Waals surface area contributed by atoms with Crippen LogP contribution in [0.25, 0.3) is 0 Å². The van der Waals surface area contributed by atoms with E-state index in [4.69, 9.17) is 14.2 Å². The number of anilines is 1. The molecule has 12 nitrogen and oxygen atoms in total. The number of nitrogens with zero attached hydrogens (tertiary/aromatic N) is 4. The van der Waals surface area contributed by atoms with Gasteiger partial charge >= 0.3 is 5.69 Å². The summed E-state index contributed by atoms with van der Waals surface area (Å²) < 4.78 is 16.6. The largest absolute Gasteiger partial charge is 0.486 e. The molecule has 2 aromatic carbocycles. The van der Waals surface area contributed by atoms with Crippen LogP contribution in [0.2, 0.25) is 0 Å². The normalized spacial score (nSPS) is 16.4. The van der Waals surface area contributed by atoms with E-state index in [2.05, 4.69) is 15.4 Å². The highest BCUT2D eigenvalue weighted by atomic mass is 16.6. The van der Waals surface area contributed by atoms with Gasteiger partial charge in [0.15, 0.2) is 11.5 Å². The first kappa shape index (κ1) is 21.5. The van der Waals surface area contributed by atoms with Gasteiger partial charge in [-0.05, 0) is 24.3 Å². The fourth-order valence-electron chi connectivity index (χ4n) is 3.39. The lowest BCUT2D eigenvalue weighted by atomic mass is 10.1. The Balaban J connectivity index is 1.65. The number of hydrazone groups is 1. The third kappa shape index (κ3) is 4.92. The number of hydrogen-bond donors (Lipinski definition) is 1. The number of morpholine rings is 1. The monoisotopic (exact) mass is 443 g/mol. The second-order valence-corrected chi connectivity index (χ2v) is 7.13. The van der Waals surface area contributed by atoms with E-state index in [1.54, 1.807) is 6.07 Å². The first-order valence-electron chi connectivity index (χ1n) is 9.97. The highest BCUT2D eigenvalue weighted by molar-refractivity contribution is 6.03. The van der Waals surface area contributed by atoms with Gasteiger partial charge in [-0.15, -0.1) is 0 Å². The zero-order valence-corrected chi connectivity index (χ0v) is 17.1. The molecule has 0 saturated carbocycles. The Kier molecular flexibility index (Phi) is 6.42. The van der Waals surface area contributed by atoms with Crippen LogP contribution in [0.3, 0.4) is 0 Å². The molecule has 0 radical (unpaired) electrons. The second kappa shape index (κ2) is 9.58. The molecular formula is C20H21N5O7. The van der Waals surface area contributed by atoms with E-state index in [0.29, 0.717) is 50.2 Å². The van der Waals surface area contributed by atoms with E-state index in [0.717, 1.165) is 24.7 Å². The van der Waals surface area contributed by atoms with Crippen LogP contribution >= 0.6 is 0 Å². The van der Waals surface area contributed by atoms with Crippen LogP contribution in [0.15, 0.2) is 41.5 Å². The summed E-state index contributed by atoms with van der Waals surface area (Å²) in [5.74, 6) is 1.24. The molecule has 1 fully saturated rings. The molecule has 0 aliphatic carbocycles. The molecule has 0 atom stereocenters. The highest BCUT2D eigenvalue weighted by Gasteiger charge is 2.21. The van der Waals surface area contributed by atoms with Crippen LogP contribution in [0, 0.1) is 20.2 Å². The molecule has 0 unspecified atom stereocenters. The average Bonchev–Trinajstić information content (AvgIpc) is 2.81. The number of ether oxygens (including phenoxy) is 3. The smallest absolute Gasteiger partial charge is 0.301 e. The Morgan fingerprint density at radius 2 is 1.72 bits per heavy atom. The number of nitro benzene ring substituents is 2. The fourth-order valence-corrected chi connectivity index (χ4v) is 3.39. The molecule has 0 spiro atoms. The summed E-state index contributed by atoms with van der Waals surface area (Å²) in [6, 6.07) is 8.83. The molecule has 0 aromatic heterocycles. The minimum atomic E-state index is -0.684. The molecule has 12 heteroatoms. The summed E-state index contributed by atoms with van der Waals surface area (Å²) in [5.41, 5.74) is 3.36. The van der Waals surface area contributed by atoms with Gasteiger partial charge in [0.05, 0.1) is 34.8 Å². The Morgan fingerprint density at radius 1 is 0.969 bits per heavy atom. The van der Waals surface area contributed by atoms with Crippen molar-refractivity contribution in [3.05, 3.63) is 62.2 Å². The Labute approximate surface area is 182 Å². The third-order valence-electron chi connectivity index (χ3n) is 5.05. The summed E-state index contributed by atoms with van der Waals surface area (Å²) in [7, 11) is 0. The summed E-state index contributed by atoms with van der Waals surface area (Å²) >= 11 is 0. The standard InChI is InChI=1S/C20H21N5O7/c26-24(27)15-2-3-16(18(12-15)25(28)29)21-22-17(13-23-5-7-30-8-6-23)14-1-4-19-20(11-14)32-10-9-31-19/h1-4,11-12,21H,5-10,13H2/b22-17-. The van der Waals surface area contributed by atoms with Crippen LogP contribution < -0.4 is 14.9 Å². The summed E-state index contributed by atoms with van der Waals surface area (Å²) in [6.45, 7) is 4.05. The molecule has 2 aliphatic heterocycles. The quantitative estimate of drug-likeness (QED) is 0.388. The lowest BCUT2D eigenvalue weighted by Crippen LogP contribution is -2.40. The first-order chi connectivity index (χ1) is 15.5. The minimum absolute atomic E-state index is 0.0534. The van der Waals surface area contributed by atoms with Crippen LogP contribution in [0.4, 0.5) is 17.1 Å². The Bertz CT molecular complexity index is 1050. The van der Waals surface area contributed by atoms with Crippen molar-refractivity contribution in [1.82, 2.24) is 4.90 Å². The highest BCUT2D eigenvalue weighted by Crippen LogP contribution is 2.32. The number of hydrogen-bond acceptors (Lipinski definition) is 10. The SMILES string of the molecule is O=[N+]([O-])c1ccc(N/N=C(/CN2CCOCC2)c2ccc3c(c2)OCCO3)c([N+](=O)[O-])c1. The van der Waals surface area contributed by atoms with Crippen molar-refractivity contribution in [3.63, 3.8) is 0 Å². The maximum atomic E-state index is 11.4. The zero-order chi connectivity index (χ0) is 22.5. The predicted octanol–water partition coefficient (Wildman–Crippen LogP) is 2.42. The third-order valence-corrected chi connectivity index (χ3v) is 5.05. The maximum absolute atomic E-state index is 11.4. The van der Waals surface area contributed by atoms with Gasteiger partial charge in [0.25, 0.3) is 5.69 Å². The average molecular weight is 443 g/mol. The first-order valence-corrected chi connectivity index (χ1v) is 9.97. The molecular weight excluding hydrogens is 422 g/mol. The molecule has 1 N–H and O–H groups in total. The van der Waals surface area contributed by atoms with E-state index in [9.17, 15) is 20.2 Å². The zero-order valence-electron chi connectivity index (χ0n) is 17.1. The van der Waals surface area contributed by atoms with Gasteiger partial charge in [-0.2, -0.15) is 5.10 Å². The van der Waals surface area contributed by atoms with Gasteiger partial charge in [-0.3, -0.25) is 30.6 Å². The van der Waals surface area contributed by atoms with Gasteiger partial charge < -0.3 is 14.2 Å². The number of nitro groups is 2. The van der Waals surface area contributed by atoms with Gasteiger partial charge in [0.1, 0.15) is 18.9 Å². The molecule has 4 rings (SSSR count). The van der Waals surface area contributed by atoms with Crippen LogP contribution in [0.5, 0.6) is 11.5 Å². The predicted molar refractivity (Wildman–Crippen MR) is 115 cm³/mol. The van der Waals surface area contributed by atoms with E-state index >= 15 is 0 Å². The number of benzene rings is 2. The Hall–Kier alpha value is -3.77. The van der Waals surface area contributed by atoms with Crippen LogP contribution in [-0.4, -0.2) is 66.5 Å². The van der Waals surface area contributed by atoms with Crippen molar-refractivity contribution in [1.29, 1.82) is 0 Å².